The van der Waals surface area contributed by atoms with Crippen molar-refractivity contribution in [2.24, 2.45) is 0 Å². The molecule has 0 atom stereocenters. The summed E-state index contributed by atoms with van der Waals surface area (Å²) in [7, 11) is -3.50. The average Bonchev–Trinajstić information content (AvgIpc) is 3.43. The Morgan fingerprint density at radius 3 is 2.57 bits per heavy atom. The zero-order chi connectivity index (χ0) is 21.1. The van der Waals surface area contributed by atoms with Gasteiger partial charge in [0.25, 0.3) is 0 Å². The number of benzene rings is 2. The van der Waals surface area contributed by atoms with Gasteiger partial charge in [-0.1, -0.05) is 42.1 Å². The molecule has 0 spiro atoms. The SMILES string of the molecule is CCn1c(SCc2ccccc2F)nnc1-c1cccc(S(=O)(=O)N2CCCC2)c1. The van der Waals surface area contributed by atoms with Gasteiger partial charge in [-0.2, -0.15) is 4.31 Å². The monoisotopic (exact) mass is 446 g/mol. The van der Waals surface area contributed by atoms with E-state index in [1.165, 1.54) is 22.1 Å². The lowest BCUT2D eigenvalue weighted by Gasteiger charge is -2.16. The van der Waals surface area contributed by atoms with E-state index in [2.05, 4.69) is 10.2 Å². The smallest absolute Gasteiger partial charge is 0.243 e. The first kappa shape index (κ1) is 21.0. The number of sulfonamides is 1. The predicted molar refractivity (Wildman–Crippen MR) is 115 cm³/mol. The number of hydrogen-bond donors (Lipinski definition) is 0. The lowest BCUT2D eigenvalue weighted by molar-refractivity contribution is 0.477. The minimum absolute atomic E-state index is 0.243. The average molecular weight is 447 g/mol. The Balaban J connectivity index is 1.61. The van der Waals surface area contributed by atoms with Crippen molar-refractivity contribution in [2.45, 2.75) is 42.1 Å². The molecule has 1 aliphatic rings. The number of thioether (sulfide) groups is 1. The molecule has 1 aromatic heterocycles. The fourth-order valence-electron chi connectivity index (χ4n) is 3.53. The van der Waals surface area contributed by atoms with E-state index in [1.54, 1.807) is 36.4 Å². The van der Waals surface area contributed by atoms with Crippen LogP contribution in [-0.4, -0.2) is 40.6 Å². The Morgan fingerprint density at radius 2 is 1.83 bits per heavy atom. The molecular weight excluding hydrogens is 423 g/mol. The van der Waals surface area contributed by atoms with Crippen molar-refractivity contribution in [1.29, 1.82) is 0 Å². The molecule has 9 heteroatoms. The molecule has 158 valence electrons. The van der Waals surface area contributed by atoms with E-state index in [4.69, 9.17) is 0 Å². The second-order valence-electron chi connectivity index (χ2n) is 7.07. The molecule has 0 bridgehead atoms. The minimum Gasteiger partial charge on any atom is -0.302 e. The molecule has 1 saturated heterocycles. The van der Waals surface area contributed by atoms with E-state index in [-0.39, 0.29) is 10.7 Å². The van der Waals surface area contributed by atoms with Gasteiger partial charge in [-0.25, -0.2) is 12.8 Å². The number of aromatic nitrogens is 3. The van der Waals surface area contributed by atoms with E-state index in [0.717, 1.165) is 12.8 Å². The molecule has 0 aliphatic carbocycles. The molecule has 4 rings (SSSR count). The van der Waals surface area contributed by atoms with E-state index in [1.807, 2.05) is 17.6 Å². The minimum atomic E-state index is -3.50. The third-order valence-corrected chi connectivity index (χ3v) is 8.05. The topological polar surface area (TPSA) is 68.1 Å². The van der Waals surface area contributed by atoms with E-state index >= 15 is 0 Å². The molecule has 3 aromatic rings. The van der Waals surface area contributed by atoms with Gasteiger partial charge in [0.05, 0.1) is 4.90 Å². The van der Waals surface area contributed by atoms with Crippen molar-refractivity contribution in [3.8, 4) is 11.4 Å². The van der Waals surface area contributed by atoms with Crippen LogP contribution in [0.5, 0.6) is 0 Å². The van der Waals surface area contributed by atoms with Crippen LogP contribution in [-0.2, 0) is 22.3 Å². The van der Waals surface area contributed by atoms with Crippen molar-refractivity contribution < 1.29 is 12.8 Å². The van der Waals surface area contributed by atoms with Gasteiger partial charge in [0.2, 0.25) is 10.0 Å². The van der Waals surface area contributed by atoms with Gasteiger partial charge in [-0.05, 0) is 43.5 Å². The summed E-state index contributed by atoms with van der Waals surface area (Å²) in [6, 6.07) is 13.5. The number of rotatable bonds is 7. The van der Waals surface area contributed by atoms with Crippen molar-refractivity contribution in [2.75, 3.05) is 13.1 Å². The highest BCUT2D eigenvalue weighted by Gasteiger charge is 2.27. The van der Waals surface area contributed by atoms with Gasteiger partial charge >= 0.3 is 0 Å². The zero-order valence-corrected chi connectivity index (χ0v) is 18.3. The summed E-state index contributed by atoms with van der Waals surface area (Å²) in [6.07, 6.45) is 1.79. The maximum Gasteiger partial charge on any atom is 0.243 e. The largest absolute Gasteiger partial charge is 0.302 e. The van der Waals surface area contributed by atoms with Crippen molar-refractivity contribution in [1.82, 2.24) is 19.1 Å². The van der Waals surface area contributed by atoms with Crippen LogP contribution in [0.1, 0.15) is 25.3 Å². The van der Waals surface area contributed by atoms with Gasteiger partial charge in [-0.15, -0.1) is 10.2 Å². The second-order valence-corrected chi connectivity index (χ2v) is 9.95. The lowest BCUT2D eigenvalue weighted by atomic mass is 10.2. The van der Waals surface area contributed by atoms with Crippen molar-refractivity contribution >= 4 is 21.8 Å². The highest BCUT2D eigenvalue weighted by Crippen LogP contribution is 2.29. The maximum atomic E-state index is 13.9. The van der Waals surface area contributed by atoms with Crippen LogP contribution in [0.3, 0.4) is 0 Å². The Bertz CT molecular complexity index is 1140. The summed E-state index contributed by atoms with van der Waals surface area (Å²) >= 11 is 1.41. The summed E-state index contributed by atoms with van der Waals surface area (Å²) in [5.74, 6) is 0.799. The van der Waals surface area contributed by atoms with Crippen molar-refractivity contribution in [3.63, 3.8) is 0 Å². The molecule has 1 fully saturated rings. The predicted octanol–water partition coefficient (Wildman–Crippen LogP) is 4.18. The molecule has 1 aliphatic heterocycles. The number of halogens is 1. The van der Waals surface area contributed by atoms with Gasteiger partial charge in [0, 0.05) is 31.0 Å². The van der Waals surface area contributed by atoms with Crippen LogP contribution in [0.2, 0.25) is 0 Å². The fraction of sp³-hybridized carbons (Fsp3) is 0.333. The summed E-state index contributed by atoms with van der Waals surface area (Å²) < 4.78 is 43.2. The van der Waals surface area contributed by atoms with Crippen LogP contribution in [0.15, 0.2) is 58.6 Å². The number of hydrogen-bond acceptors (Lipinski definition) is 5. The van der Waals surface area contributed by atoms with Gasteiger partial charge in [-0.3, -0.25) is 0 Å². The van der Waals surface area contributed by atoms with E-state index in [9.17, 15) is 12.8 Å². The number of nitrogens with zero attached hydrogens (tertiary/aromatic N) is 4. The van der Waals surface area contributed by atoms with E-state index in [0.29, 0.717) is 47.5 Å². The molecule has 6 nitrogen and oxygen atoms in total. The van der Waals surface area contributed by atoms with E-state index < -0.39 is 10.0 Å². The Kier molecular flexibility index (Phi) is 6.21. The molecule has 2 aromatic carbocycles. The summed E-state index contributed by atoms with van der Waals surface area (Å²) in [5, 5.41) is 9.24. The normalized spacial score (nSPS) is 15.0. The Morgan fingerprint density at radius 1 is 1.07 bits per heavy atom. The second kappa shape index (κ2) is 8.87. The summed E-state index contributed by atoms with van der Waals surface area (Å²) in [6.45, 7) is 3.72. The Hall–Kier alpha value is -2.23. The van der Waals surface area contributed by atoms with Gasteiger partial charge in [0.15, 0.2) is 11.0 Å². The van der Waals surface area contributed by atoms with Crippen molar-refractivity contribution in [3.05, 3.63) is 59.9 Å². The molecule has 30 heavy (non-hydrogen) atoms. The third kappa shape index (κ3) is 4.14. The molecular formula is C21H23FN4O2S2. The molecule has 0 saturated carbocycles. The first-order valence-electron chi connectivity index (χ1n) is 9.90. The summed E-state index contributed by atoms with van der Waals surface area (Å²) in [5.41, 5.74) is 1.30. The molecule has 2 heterocycles. The lowest BCUT2D eigenvalue weighted by Crippen LogP contribution is -2.27. The standard InChI is InChI=1S/C21H23FN4O2S2/c1-2-26-20(23-24-21(26)29-15-17-8-3-4-11-19(17)22)16-9-7-10-18(14-16)30(27,28)25-12-5-6-13-25/h3-4,7-11,14H,2,5-6,12-13,15H2,1H3. The van der Waals surface area contributed by atoms with Crippen LogP contribution in [0.4, 0.5) is 4.39 Å². The quantitative estimate of drug-likeness (QED) is 0.509. The highest BCUT2D eigenvalue weighted by molar-refractivity contribution is 7.98. The van der Waals surface area contributed by atoms with Crippen LogP contribution in [0, 0.1) is 5.82 Å². The van der Waals surface area contributed by atoms with Gasteiger partial charge < -0.3 is 4.57 Å². The molecule has 0 unspecified atom stereocenters. The zero-order valence-electron chi connectivity index (χ0n) is 16.7. The van der Waals surface area contributed by atoms with Crippen LogP contribution < -0.4 is 0 Å². The third-order valence-electron chi connectivity index (χ3n) is 5.14. The molecule has 0 N–H and O–H groups in total. The Labute approximate surface area is 180 Å². The molecule has 0 radical (unpaired) electrons. The van der Waals surface area contributed by atoms with Gasteiger partial charge in [0.1, 0.15) is 5.82 Å². The van der Waals surface area contributed by atoms with Crippen LogP contribution >= 0.6 is 11.8 Å². The van der Waals surface area contributed by atoms with Crippen LogP contribution in [0.25, 0.3) is 11.4 Å². The maximum absolute atomic E-state index is 13.9. The first-order chi connectivity index (χ1) is 14.5. The fourth-order valence-corrected chi connectivity index (χ4v) is 6.08. The first-order valence-corrected chi connectivity index (χ1v) is 12.3. The summed E-state index contributed by atoms with van der Waals surface area (Å²) in [4.78, 5) is 0.271. The highest BCUT2D eigenvalue weighted by atomic mass is 32.2. The molecule has 0 amide bonds.